The maximum Gasteiger partial charge on any atom is 0.278 e. The van der Waals surface area contributed by atoms with E-state index in [4.69, 9.17) is 4.74 Å². The lowest BCUT2D eigenvalue weighted by molar-refractivity contribution is -0.137. The number of rotatable bonds is 7. The van der Waals surface area contributed by atoms with Crippen LogP contribution in [0, 0.1) is 6.92 Å². The number of amides is 2. The predicted molar refractivity (Wildman–Crippen MR) is 119 cm³/mol. The first-order chi connectivity index (χ1) is 15.1. The number of nitrogens with zero attached hydrogens (tertiary/aromatic N) is 2. The summed E-state index contributed by atoms with van der Waals surface area (Å²) >= 11 is 0. The fourth-order valence-electron chi connectivity index (χ4n) is 3.48. The van der Waals surface area contributed by atoms with Crippen LogP contribution in [-0.2, 0) is 16.1 Å². The van der Waals surface area contributed by atoms with E-state index in [1.54, 1.807) is 24.5 Å². The molecule has 0 spiro atoms. The third-order valence-electron chi connectivity index (χ3n) is 5.04. The Hall–Kier alpha value is -3.93. The third kappa shape index (κ3) is 4.19. The molecule has 0 radical (unpaired) electrons. The number of aryl methyl sites for hydroxylation is 1. The maximum atomic E-state index is 13.4. The molecule has 1 aliphatic heterocycles. The first-order valence-electron chi connectivity index (χ1n) is 10.1. The Morgan fingerprint density at radius 2 is 1.65 bits per heavy atom. The van der Waals surface area contributed by atoms with Crippen LogP contribution >= 0.6 is 0 Å². The number of hydrogen-bond donors (Lipinski definition) is 1. The van der Waals surface area contributed by atoms with Crippen molar-refractivity contribution in [2.75, 3.05) is 11.9 Å². The molecular weight excluding hydrogens is 390 g/mol. The van der Waals surface area contributed by atoms with Crippen LogP contribution < -0.4 is 10.1 Å². The number of aromatic nitrogens is 1. The smallest absolute Gasteiger partial charge is 0.278 e. The van der Waals surface area contributed by atoms with Gasteiger partial charge in [-0.05, 0) is 49.2 Å². The lowest BCUT2D eigenvalue weighted by Crippen LogP contribution is -2.32. The van der Waals surface area contributed by atoms with E-state index in [1.165, 1.54) is 4.90 Å². The Bertz CT molecular complexity index is 1140. The minimum Gasteiger partial charge on any atom is -0.492 e. The van der Waals surface area contributed by atoms with Gasteiger partial charge in [-0.25, -0.2) is 0 Å². The Morgan fingerprint density at radius 3 is 2.35 bits per heavy atom. The van der Waals surface area contributed by atoms with Crippen LogP contribution in [0.25, 0.3) is 5.57 Å². The standard InChI is InChI=1S/C25H23N3O3/c1-3-31-21-7-5-4-6-20(21)27-23-22(19-10-8-17(2)9-11-19)24(29)28(25(23)30)16-18-12-14-26-15-13-18/h4-15,27H,3,16H2,1-2H3. The van der Waals surface area contributed by atoms with Crippen LogP contribution in [-0.4, -0.2) is 28.3 Å². The van der Waals surface area contributed by atoms with Gasteiger partial charge in [0.05, 0.1) is 24.4 Å². The Labute approximate surface area is 181 Å². The Morgan fingerprint density at radius 1 is 0.935 bits per heavy atom. The van der Waals surface area contributed by atoms with Crippen molar-refractivity contribution in [2.45, 2.75) is 20.4 Å². The van der Waals surface area contributed by atoms with Gasteiger partial charge in [0.15, 0.2) is 0 Å². The van der Waals surface area contributed by atoms with Gasteiger partial charge in [0.25, 0.3) is 11.8 Å². The van der Waals surface area contributed by atoms with E-state index >= 15 is 0 Å². The van der Waals surface area contributed by atoms with Crippen LogP contribution in [0.3, 0.4) is 0 Å². The summed E-state index contributed by atoms with van der Waals surface area (Å²) in [6.45, 7) is 4.54. The SMILES string of the molecule is CCOc1ccccc1NC1=C(c2ccc(C)cc2)C(=O)N(Cc2ccncc2)C1=O. The molecule has 1 aromatic heterocycles. The van der Waals surface area contributed by atoms with E-state index in [0.29, 0.717) is 29.2 Å². The quantitative estimate of drug-likeness (QED) is 0.589. The zero-order chi connectivity index (χ0) is 21.8. The van der Waals surface area contributed by atoms with Gasteiger partial charge in [0.1, 0.15) is 11.4 Å². The number of benzene rings is 2. The van der Waals surface area contributed by atoms with E-state index in [1.807, 2.05) is 62.4 Å². The minimum absolute atomic E-state index is 0.174. The molecule has 0 bridgehead atoms. The van der Waals surface area contributed by atoms with Crippen LogP contribution in [0.1, 0.15) is 23.6 Å². The molecule has 2 amide bonds. The van der Waals surface area contributed by atoms with Gasteiger partial charge in [-0.1, -0.05) is 42.0 Å². The lowest BCUT2D eigenvalue weighted by atomic mass is 10.0. The molecule has 6 nitrogen and oxygen atoms in total. The number of pyridine rings is 1. The molecule has 0 unspecified atom stereocenters. The van der Waals surface area contributed by atoms with Gasteiger partial charge in [0, 0.05) is 12.4 Å². The summed E-state index contributed by atoms with van der Waals surface area (Å²) in [4.78, 5) is 32.0. The molecule has 0 atom stereocenters. The van der Waals surface area contributed by atoms with Crippen molar-refractivity contribution >= 4 is 23.1 Å². The van der Waals surface area contributed by atoms with Crippen molar-refractivity contribution in [3.63, 3.8) is 0 Å². The summed E-state index contributed by atoms with van der Waals surface area (Å²) in [5.74, 6) is -0.0840. The molecule has 2 heterocycles. The lowest BCUT2D eigenvalue weighted by Gasteiger charge is -2.16. The number of ether oxygens (including phenoxy) is 1. The summed E-state index contributed by atoms with van der Waals surface area (Å²) in [5, 5.41) is 3.18. The zero-order valence-electron chi connectivity index (χ0n) is 17.5. The van der Waals surface area contributed by atoms with E-state index in [2.05, 4.69) is 10.3 Å². The molecule has 0 aliphatic carbocycles. The van der Waals surface area contributed by atoms with Crippen molar-refractivity contribution in [1.82, 2.24) is 9.88 Å². The highest BCUT2D eigenvalue weighted by Crippen LogP contribution is 2.34. The molecule has 0 fully saturated rings. The van der Waals surface area contributed by atoms with Crippen molar-refractivity contribution < 1.29 is 14.3 Å². The number of para-hydroxylation sites is 2. The maximum absolute atomic E-state index is 13.4. The van der Waals surface area contributed by atoms with E-state index in [9.17, 15) is 9.59 Å². The molecular formula is C25H23N3O3. The first kappa shape index (κ1) is 20.3. The fraction of sp³-hybridized carbons (Fsp3) is 0.160. The van der Waals surface area contributed by atoms with Gasteiger partial charge in [-0.15, -0.1) is 0 Å². The van der Waals surface area contributed by atoms with E-state index < -0.39 is 0 Å². The van der Waals surface area contributed by atoms with Crippen molar-refractivity contribution in [2.24, 2.45) is 0 Å². The molecule has 1 aliphatic rings. The summed E-state index contributed by atoms with van der Waals surface area (Å²) in [7, 11) is 0. The Kier molecular flexibility index (Phi) is 5.80. The highest BCUT2D eigenvalue weighted by Gasteiger charge is 2.39. The summed E-state index contributed by atoms with van der Waals surface area (Å²) in [6.07, 6.45) is 3.29. The van der Waals surface area contributed by atoms with Crippen LogP contribution in [0.4, 0.5) is 5.69 Å². The second-order valence-electron chi connectivity index (χ2n) is 7.22. The molecule has 1 N–H and O–H groups in total. The number of imide groups is 1. The summed E-state index contributed by atoms with van der Waals surface area (Å²) < 4.78 is 5.69. The summed E-state index contributed by atoms with van der Waals surface area (Å²) in [6, 6.07) is 18.5. The van der Waals surface area contributed by atoms with Crippen molar-refractivity contribution in [3.05, 3.63) is 95.4 Å². The monoisotopic (exact) mass is 413 g/mol. The number of anilines is 1. The van der Waals surface area contributed by atoms with Gasteiger partial charge in [-0.2, -0.15) is 0 Å². The number of hydrogen-bond acceptors (Lipinski definition) is 5. The number of carbonyl (C=O) groups is 2. The van der Waals surface area contributed by atoms with Gasteiger partial charge in [0.2, 0.25) is 0 Å². The predicted octanol–water partition coefficient (Wildman–Crippen LogP) is 4.18. The molecule has 156 valence electrons. The van der Waals surface area contributed by atoms with Gasteiger partial charge >= 0.3 is 0 Å². The topological polar surface area (TPSA) is 71.5 Å². The third-order valence-corrected chi connectivity index (χ3v) is 5.04. The molecule has 0 saturated carbocycles. The van der Waals surface area contributed by atoms with Crippen LogP contribution in [0.5, 0.6) is 5.75 Å². The molecule has 0 saturated heterocycles. The van der Waals surface area contributed by atoms with Gasteiger partial charge < -0.3 is 10.1 Å². The van der Waals surface area contributed by atoms with Crippen LogP contribution in [0.2, 0.25) is 0 Å². The average Bonchev–Trinajstić information content (AvgIpc) is 3.01. The largest absolute Gasteiger partial charge is 0.492 e. The number of carbonyl (C=O) groups excluding carboxylic acids is 2. The average molecular weight is 413 g/mol. The second kappa shape index (κ2) is 8.83. The van der Waals surface area contributed by atoms with Gasteiger partial charge in [-0.3, -0.25) is 19.5 Å². The van der Waals surface area contributed by atoms with Crippen LogP contribution in [0.15, 0.2) is 78.8 Å². The first-order valence-corrected chi connectivity index (χ1v) is 10.1. The van der Waals surface area contributed by atoms with Crippen molar-refractivity contribution in [1.29, 1.82) is 0 Å². The molecule has 4 rings (SSSR count). The Balaban J connectivity index is 1.76. The number of nitrogens with one attached hydrogen (secondary N) is 1. The fourth-order valence-corrected chi connectivity index (χ4v) is 3.48. The highest BCUT2D eigenvalue weighted by atomic mass is 16.5. The highest BCUT2D eigenvalue weighted by molar-refractivity contribution is 6.36. The summed E-state index contributed by atoms with van der Waals surface area (Å²) in [5.41, 5.74) is 3.83. The zero-order valence-corrected chi connectivity index (χ0v) is 17.5. The molecule has 31 heavy (non-hydrogen) atoms. The molecule has 6 heteroatoms. The van der Waals surface area contributed by atoms with Crippen molar-refractivity contribution in [3.8, 4) is 5.75 Å². The normalized spacial score (nSPS) is 13.7. The second-order valence-corrected chi connectivity index (χ2v) is 7.22. The minimum atomic E-state index is -0.372. The molecule has 2 aromatic carbocycles. The molecule has 3 aromatic rings. The van der Waals surface area contributed by atoms with E-state index in [-0.39, 0.29) is 24.1 Å². The van der Waals surface area contributed by atoms with E-state index in [0.717, 1.165) is 11.1 Å².